The fraction of sp³-hybridized carbons (Fsp3) is 0.312. The van der Waals surface area contributed by atoms with E-state index in [4.69, 9.17) is 11.6 Å². The summed E-state index contributed by atoms with van der Waals surface area (Å²) in [6.07, 6.45) is -2.78. The smallest absolute Gasteiger partial charge is 0.371 e. The van der Waals surface area contributed by atoms with Crippen molar-refractivity contribution >= 4 is 23.2 Å². The Morgan fingerprint density at radius 1 is 1.31 bits per heavy atom. The first-order chi connectivity index (χ1) is 12.2. The van der Waals surface area contributed by atoms with Crippen LogP contribution in [0.2, 0.25) is 5.02 Å². The van der Waals surface area contributed by atoms with Gasteiger partial charge in [0.15, 0.2) is 0 Å². The van der Waals surface area contributed by atoms with Crippen molar-refractivity contribution < 1.29 is 18.0 Å². The number of likely N-dealkylation sites (N-methyl/N-ethyl adjacent to an activating group) is 1. The number of nitrogens with one attached hydrogen (secondary N) is 1. The zero-order valence-corrected chi connectivity index (χ0v) is 14.3. The van der Waals surface area contributed by atoms with E-state index < -0.39 is 23.3 Å². The number of carbonyl (C=O) groups excluding carboxylic acids is 1. The normalized spacial score (nSPS) is 17.7. The number of amides is 1. The van der Waals surface area contributed by atoms with E-state index in [-0.39, 0.29) is 22.3 Å². The topological polar surface area (TPSA) is 67.2 Å². The van der Waals surface area contributed by atoms with Gasteiger partial charge >= 0.3 is 6.18 Å². The average molecular weight is 387 g/mol. The van der Waals surface area contributed by atoms with Crippen molar-refractivity contribution in [1.82, 2.24) is 14.7 Å². The number of nitrogens with zero attached hydrogens (tertiary/aromatic N) is 3. The van der Waals surface area contributed by atoms with Gasteiger partial charge in [-0.1, -0.05) is 17.7 Å². The molecular weight excluding hydrogens is 373 g/mol. The molecule has 0 radical (unpaired) electrons. The van der Waals surface area contributed by atoms with E-state index in [9.17, 15) is 22.8 Å². The summed E-state index contributed by atoms with van der Waals surface area (Å²) in [5.41, 5.74) is -1.58. The van der Waals surface area contributed by atoms with Crippen molar-refractivity contribution in [2.45, 2.75) is 18.6 Å². The van der Waals surface area contributed by atoms with Crippen LogP contribution in [0.5, 0.6) is 0 Å². The molecule has 1 aliphatic heterocycles. The molecule has 2 heterocycles. The molecule has 1 fully saturated rings. The average Bonchev–Trinajstić information content (AvgIpc) is 2.90. The minimum Gasteiger partial charge on any atom is -0.371 e. The number of hydrogen-bond donors (Lipinski definition) is 1. The molecule has 0 bridgehead atoms. The van der Waals surface area contributed by atoms with Crippen LogP contribution in [0.1, 0.15) is 12.0 Å². The highest BCUT2D eigenvalue weighted by atomic mass is 35.5. The Bertz CT molecular complexity index is 913. The molecule has 0 aliphatic carbocycles. The Hall–Kier alpha value is -2.55. The van der Waals surface area contributed by atoms with E-state index in [0.29, 0.717) is 13.0 Å². The number of rotatable bonds is 3. The van der Waals surface area contributed by atoms with Gasteiger partial charge in [-0.3, -0.25) is 9.59 Å². The first-order valence-corrected chi connectivity index (χ1v) is 8.03. The molecule has 1 atom stereocenters. The third-order valence-corrected chi connectivity index (χ3v) is 4.46. The number of carbonyl (C=O) groups is 1. The van der Waals surface area contributed by atoms with Crippen LogP contribution in [0, 0.1) is 0 Å². The van der Waals surface area contributed by atoms with E-state index in [1.807, 2.05) is 0 Å². The van der Waals surface area contributed by atoms with Gasteiger partial charge in [-0.15, -0.1) is 0 Å². The summed E-state index contributed by atoms with van der Waals surface area (Å²) in [5, 5.41) is 6.50. The van der Waals surface area contributed by atoms with Gasteiger partial charge in [0, 0.05) is 13.6 Å². The fourth-order valence-corrected chi connectivity index (χ4v) is 2.86. The summed E-state index contributed by atoms with van der Waals surface area (Å²) in [6.45, 7) is 0.572. The van der Waals surface area contributed by atoms with Crippen LogP contribution >= 0.6 is 11.6 Å². The Morgan fingerprint density at radius 2 is 2.04 bits per heavy atom. The molecule has 1 N–H and O–H groups in total. The molecule has 3 rings (SSSR count). The predicted octanol–water partition coefficient (Wildman–Crippen LogP) is 2.55. The SMILES string of the molecule is CN1CCC(Nc2cnn(-c3cccc(C(F)(F)F)c3)c(=O)c2Cl)C1=O. The first-order valence-electron chi connectivity index (χ1n) is 7.65. The second kappa shape index (κ2) is 6.64. The van der Waals surface area contributed by atoms with Crippen LogP contribution in [0.25, 0.3) is 5.69 Å². The molecular formula is C16H14ClF3N4O2. The van der Waals surface area contributed by atoms with Gasteiger partial charge in [0.25, 0.3) is 5.56 Å². The van der Waals surface area contributed by atoms with Gasteiger partial charge in [-0.2, -0.15) is 23.0 Å². The standard InChI is InChI=1S/C16H14ClF3N4O2/c1-23-6-5-11(14(23)25)22-12-8-21-24(15(26)13(12)17)10-4-2-3-9(7-10)16(18,19)20/h2-4,7-8,11,22H,5-6H2,1H3. The van der Waals surface area contributed by atoms with Gasteiger partial charge in [0.1, 0.15) is 11.1 Å². The van der Waals surface area contributed by atoms with Crippen LogP contribution < -0.4 is 10.9 Å². The summed E-state index contributed by atoms with van der Waals surface area (Å²) in [5.74, 6) is -0.136. The van der Waals surface area contributed by atoms with E-state index >= 15 is 0 Å². The lowest BCUT2D eigenvalue weighted by Crippen LogP contribution is -2.32. The van der Waals surface area contributed by atoms with Crippen molar-refractivity contribution in [1.29, 1.82) is 0 Å². The van der Waals surface area contributed by atoms with Crippen LogP contribution in [-0.4, -0.2) is 40.2 Å². The third kappa shape index (κ3) is 3.39. The highest BCUT2D eigenvalue weighted by Crippen LogP contribution is 2.30. The third-order valence-electron chi connectivity index (χ3n) is 4.09. The molecule has 26 heavy (non-hydrogen) atoms. The zero-order valence-electron chi connectivity index (χ0n) is 13.5. The van der Waals surface area contributed by atoms with Crippen molar-refractivity contribution in [3.8, 4) is 5.69 Å². The second-order valence-corrected chi connectivity index (χ2v) is 6.26. The Labute approximate surface area is 151 Å². The molecule has 6 nitrogen and oxygen atoms in total. The number of alkyl halides is 3. The zero-order chi connectivity index (χ0) is 19.1. The first kappa shape index (κ1) is 18.2. The lowest BCUT2D eigenvalue weighted by Gasteiger charge is -2.15. The largest absolute Gasteiger partial charge is 0.416 e. The van der Waals surface area contributed by atoms with E-state index in [1.165, 1.54) is 18.3 Å². The number of halogens is 4. The van der Waals surface area contributed by atoms with E-state index in [2.05, 4.69) is 10.4 Å². The van der Waals surface area contributed by atoms with Crippen LogP contribution in [0.3, 0.4) is 0 Å². The maximum absolute atomic E-state index is 12.8. The van der Waals surface area contributed by atoms with Gasteiger partial charge in [-0.05, 0) is 24.6 Å². The number of anilines is 1. The minimum absolute atomic E-state index is 0.0602. The molecule has 2 aromatic rings. The molecule has 1 aromatic heterocycles. The molecule has 138 valence electrons. The Morgan fingerprint density at radius 3 is 2.65 bits per heavy atom. The van der Waals surface area contributed by atoms with E-state index in [0.717, 1.165) is 16.8 Å². The van der Waals surface area contributed by atoms with Crippen LogP contribution in [0.15, 0.2) is 35.3 Å². The van der Waals surface area contributed by atoms with Gasteiger partial charge < -0.3 is 10.2 Å². The fourth-order valence-electron chi connectivity index (χ4n) is 2.68. The predicted molar refractivity (Wildman–Crippen MR) is 89.5 cm³/mol. The number of aromatic nitrogens is 2. The molecule has 1 aliphatic rings. The van der Waals surface area contributed by atoms with Crippen molar-refractivity contribution in [2.24, 2.45) is 0 Å². The molecule has 1 unspecified atom stereocenters. The van der Waals surface area contributed by atoms with Crippen molar-refractivity contribution in [2.75, 3.05) is 18.9 Å². The quantitative estimate of drug-likeness (QED) is 0.880. The molecule has 10 heteroatoms. The molecule has 1 amide bonds. The van der Waals surface area contributed by atoms with E-state index in [1.54, 1.807) is 11.9 Å². The summed E-state index contributed by atoms with van der Waals surface area (Å²) in [4.78, 5) is 25.9. The molecule has 1 aromatic carbocycles. The summed E-state index contributed by atoms with van der Waals surface area (Å²) >= 11 is 6.06. The van der Waals surface area contributed by atoms with Gasteiger partial charge in [0.2, 0.25) is 5.91 Å². The number of hydrogen-bond acceptors (Lipinski definition) is 4. The minimum atomic E-state index is -4.54. The summed E-state index contributed by atoms with van der Waals surface area (Å²) in [6, 6.07) is 3.69. The molecule has 1 saturated heterocycles. The van der Waals surface area contributed by atoms with Gasteiger partial charge in [0.05, 0.1) is 23.1 Å². The maximum atomic E-state index is 12.8. The summed E-state index contributed by atoms with van der Waals surface area (Å²) < 4.78 is 39.3. The lowest BCUT2D eigenvalue weighted by molar-refractivity contribution is -0.137. The Kier molecular flexibility index (Phi) is 4.66. The van der Waals surface area contributed by atoms with Crippen LogP contribution in [-0.2, 0) is 11.0 Å². The van der Waals surface area contributed by atoms with Gasteiger partial charge in [-0.25, -0.2) is 0 Å². The number of benzene rings is 1. The lowest BCUT2D eigenvalue weighted by atomic mass is 10.2. The molecule has 0 spiro atoms. The highest BCUT2D eigenvalue weighted by Gasteiger charge is 2.31. The summed E-state index contributed by atoms with van der Waals surface area (Å²) in [7, 11) is 1.66. The highest BCUT2D eigenvalue weighted by molar-refractivity contribution is 6.33. The van der Waals surface area contributed by atoms with Crippen molar-refractivity contribution in [3.05, 3.63) is 51.4 Å². The molecule has 0 saturated carbocycles. The number of likely N-dealkylation sites (tertiary alicyclic amines) is 1. The van der Waals surface area contributed by atoms with Crippen molar-refractivity contribution in [3.63, 3.8) is 0 Å². The Balaban J connectivity index is 1.94. The van der Waals surface area contributed by atoms with Crippen LogP contribution in [0.4, 0.5) is 18.9 Å². The monoisotopic (exact) mass is 386 g/mol. The second-order valence-electron chi connectivity index (χ2n) is 5.88. The maximum Gasteiger partial charge on any atom is 0.416 e.